The van der Waals surface area contributed by atoms with Crippen LogP contribution in [0.3, 0.4) is 0 Å². The Morgan fingerprint density at radius 2 is 1.96 bits per heavy atom. The van der Waals surface area contributed by atoms with Crippen LogP contribution in [0.1, 0.15) is 16.1 Å². The SMILES string of the molecule is NC(=O)c1nnc2cc(Cl)c(F)cc2c1N=CC=Cc1ccccc1. The van der Waals surface area contributed by atoms with Crippen molar-refractivity contribution in [1.82, 2.24) is 10.2 Å². The Labute approximate surface area is 147 Å². The molecule has 5 nitrogen and oxygen atoms in total. The molecule has 2 N–H and O–H groups in total. The lowest BCUT2D eigenvalue weighted by Gasteiger charge is -2.05. The van der Waals surface area contributed by atoms with Crippen LogP contribution < -0.4 is 5.73 Å². The first-order valence-corrected chi connectivity index (χ1v) is 7.65. The van der Waals surface area contributed by atoms with Crippen molar-refractivity contribution >= 4 is 46.4 Å². The molecule has 1 aromatic heterocycles. The minimum atomic E-state index is -0.802. The van der Waals surface area contributed by atoms with Gasteiger partial charge in [-0.15, -0.1) is 10.2 Å². The van der Waals surface area contributed by atoms with E-state index in [-0.39, 0.29) is 16.4 Å². The lowest BCUT2D eigenvalue weighted by molar-refractivity contribution is 0.0995. The van der Waals surface area contributed by atoms with Crippen LogP contribution in [0.5, 0.6) is 0 Å². The molecule has 0 radical (unpaired) electrons. The van der Waals surface area contributed by atoms with E-state index in [1.54, 1.807) is 6.08 Å². The first-order valence-electron chi connectivity index (χ1n) is 7.27. The van der Waals surface area contributed by atoms with E-state index in [1.807, 2.05) is 36.4 Å². The summed E-state index contributed by atoms with van der Waals surface area (Å²) >= 11 is 5.75. The molecule has 3 aromatic rings. The number of carbonyl (C=O) groups is 1. The van der Waals surface area contributed by atoms with E-state index in [2.05, 4.69) is 15.2 Å². The van der Waals surface area contributed by atoms with Gasteiger partial charge in [0.1, 0.15) is 11.5 Å². The summed E-state index contributed by atoms with van der Waals surface area (Å²) in [5.74, 6) is -1.45. The number of hydrogen-bond donors (Lipinski definition) is 1. The van der Waals surface area contributed by atoms with Gasteiger partial charge in [-0.05, 0) is 23.8 Å². The average molecular weight is 355 g/mol. The molecule has 0 atom stereocenters. The van der Waals surface area contributed by atoms with Gasteiger partial charge in [0.25, 0.3) is 5.91 Å². The Balaban J connectivity index is 2.05. The fourth-order valence-electron chi connectivity index (χ4n) is 2.22. The second kappa shape index (κ2) is 7.19. The molecule has 0 bridgehead atoms. The Bertz CT molecular complexity index is 1000. The van der Waals surface area contributed by atoms with E-state index in [0.717, 1.165) is 11.6 Å². The average Bonchev–Trinajstić information content (AvgIpc) is 2.60. The summed E-state index contributed by atoms with van der Waals surface area (Å²) in [5, 5.41) is 7.83. The zero-order chi connectivity index (χ0) is 17.8. The molecule has 0 aliphatic carbocycles. The molecule has 0 fully saturated rings. The Morgan fingerprint density at radius 3 is 2.68 bits per heavy atom. The second-order valence-corrected chi connectivity index (χ2v) is 5.50. The zero-order valence-electron chi connectivity index (χ0n) is 12.9. The number of nitrogens with zero attached hydrogens (tertiary/aromatic N) is 3. The van der Waals surface area contributed by atoms with Crippen LogP contribution in [0, 0.1) is 5.82 Å². The summed E-state index contributed by atoms with van der Waals surface area (Å²) in [6.45, 7) is 0. The molecule has 0 aliphatic rings. The largest absolute Gasteiger partial charge is 0.364 e. The maximum Gasteiger partial charge on any atom is 0.271 e. The molecule has 2 aromatic carbocycles. The van der Waals surface area contributed by atoms with Crippen molar-refractivity contribution in [1.29, 1.82) is 0 Å². The summed E-state index contributed by atoms with van der Waals surface area (Å²) in [4.78, 5) is 15.8. The Hall–Kier alpha value is -3.12. The van der Waals surface area contributed by atoms with E-state index in [4.69, 9.17) is 17.3 Å². The van der Waals surface area contributed by atoms with Gasteiger partial charge in [-0.1, -0.05) is 48.0 Å². The van der Waals surface area contributed by atoms with Crippen LogP contribution >= 0.6 is 11.6 Å². The number of aromatic nitrogens is 2. The summed E-state index contributed by atoms with van der Waals surface area (Å²) in [6, 6.07) is 12.1. The van der Waals surface area contributed by atoms with Crippen LogP contribution in [0.25, 0.3) is 17.0 Å². The summed E-state index contributed by atoms with van der Waals surface area (Å²) in [5.41, 5.74) is 6.62. The number of allylic oxidation sites excluding steroid dienone is 1. The smallest absolute Gasteiger partial charge is 0.271 e. The summed E-state index contributed by atoms with van der Waals surface area (Å²) < 4.78 is 13.8. The highest BCUT2D eigenvalue weighted by Crippen LogP contribution is 2.30. The lowest BCUT2D eigenvalue weighted by atomic mass is 10.1. The van der Waals surface area contributed by atoms with Crippen LogP contribution in [-0.4, -0.2) is 22.3 Å². The summed E-state index contributed by atoms with van der Waals surface area (Å²) in [7, 11) is 0. The van der Waals surface area contributed by atoms with E-state index >= 15 is 0 Å². The molecule has 0 saturated heterocycles. The molecule has 1 heterocycles. The van der Waals surface area contributed by atoms with Crippen molar-refractivity contribution in [2.45, 2.75) is 0 Å². The molecular weight excluding hydrogens is 343 g/mol. The van der Waals surface area contributed by atoms with Crippen molar-refractivity contribution in [2.24, 2.45) is 10.7 Å². The van der Waals surface area contributed by atoms with Gasteiger partial charge in [-0.2, -0.15) is 0 Å². The predicted molar refractivity (Wildman–Crippen MR) is 96.7 cm³/mol. The molecule has 0 spiro atoms. The van der Waals surface area contributed by atoms with E-state index < -0.39 is 11.7 Å². The van der Waals surface area contributed by atoms with Gasteiger partial charge in [0.2, 0.25) is 0 Å². The minimum absolute atomic E-state index is 0.0903. The van der Waals surface area contributed by atoms with Gasteiger partial charge in [-0.25, -0.2) is 4.39 Å². The van der Waals surface area contributed by atoms with Crippen LogP contribution in [0.2, 0.25) is 5.02 Å². The second-order valence-electron chi connectivity index (χ2n) is 5.09. The highest BCUT2D eigenvalue weighted by Gasteiger charge is 2.16. The number of amides is 1. The third-order valence-corrected chi connectivity index (χ3v) is 3.68. The molecular formula is C18H12ClFN4O. The molecule has 7 heteroatoms. The molecule has 3 rings (SSSR count). The number of aliphatic imine (C=N–C) groups is 1. The maximum atomic E-state index is 13.8. The monoisotopic (exact) mass is 354 g/mol. The lowest BCUT2D eigenvalue weighted by Crippen LogP contribution is -2.14. The van der Waals surface area contributed by atoms with Crippen LogP contribution in [0.4, 0.5) is 10.1 Å². The quantitative estimate of drug-likeness (QED) is 0.720. The van der Waals surface area contributed by atoms with Gasteiger partial charge < -0.3 is 5.73 Å². The third-order valence-electron chi connectivity index (χ3n) is 3.39. The minimum Gasteiger partial charge on any atom is -0.364 e. The molecule has 0 aliphatic heterocycles. The number of benzene rings is 2. The fraction of sp³-hybridized carbons (Fsp3) is 0. The van der Waals surface area contributed by atoms with E-state index in [1.165, 1.54) is 12.3 Å². The first kappa shape index (κ1) is 16.7. The van der Waals surface area contributed by atoms with Crippen LogP contribution in [0.15, 0.2) is 53.5 Å². The van der Waals surface area contributed by atoms with Gasteiger partial charge in [0.05, 0.1) is 10.5 Å². The zero-order valence-corrected chi connectivity index (χ0v) is 13.6. The van der Waals surface area contributed by atoms with Gasteiger partial charge >= 0.3 is 0 Å². The van der Waals surface area contributed by atoms with E-state index in [0.29, 0.717) is 10.9 Å². The van der Waals surface area contributed by atoms with Crippen molar-refractivity contribution in [2.75, 3.05) is 0 Å². The van der Waals surface area contributed by atoms with Crippen molar-refractivity contribution in [3.63, 3.8) is 0 Å². The predicted octanol–water partition coefficient (Wildman–Crippen LogP) is 3.94. The maximum absolute atomic E-state index is 13.8. The number of hydrogen-bond acceptors (Lipinski definition) is 4. The number of primary amides is 1. The fourth-order valence-corrected chi connectivity index (χ4v) is 2.38. The van der Waals surface area contributed by atoms with Gasteiger partial charge in [0.15, 0.2) is 5.69 Å². The standard InChI is InChI=1S/C18H12ClFN4O/c19-13-10-15-12(9-14(13)20)16(17(18(21)25)24-23-15)22-8-4-7-11-5-2-1-3-6-11/h1-10H,(H2,21,25). The summed E-state index contributed by atoms with van der Waals surface area (Å²) in [6.07, 6.45) is 5.00. The molecule has 124 valence electrons. The highest BCUT2D eigenvalue weighted by atomic mass is 35.5. The Kier molecular flexibility index (Phi) is 4.81. The van der Waals surface area contributed by atoms with Crippen molar-refractivity contribution in [3.05, 3.63) is 70.6 Å². The highest BCUT2D eigenvalue weighted by molar-refractivity contribution is 6.31. The van der Waals surface area contributed by atoms with Gasteiger partial charge in [0, 0.05) is 11.6 Å². The number of halogens is 2. The molecule has 25 heavy (non-hydrogen) atoms. The molecule has 0 unspecified atom stereocenters. The normalized spacial score (nSPS) is 11.6. The number of nitrogens with two attached hydrogens (primary N) is 1. The van der Waals surface area contributed by atoms with Gasteiger partial charge in [-0.3, -0.25) is 9.79 Å². The number of rotatable bonds is 4. The first-order chi connectivity index (χ1) is 12.1. The molecule has 0 saturated carbocycles. The van der Waals surface area contributed by atoms with E-state index in [9.17, 15) is 9.18 Å². The van der Waals surface area contributed by atoms with Crippen molar-refractivity contribution in [3.8, 4) is 0 Å². The number of carbonyl (C=O) groups excluding carboxylic acids is 1. The molecule has 1 amide bonds. The Morgan fingerprint density at radius 1 is 1.20 bits per heavy atom. The number of fused-ring (bicyclic) bond motifs is 1. The topological polar surface area (TPSA) is 81.2 Å². The van der Waals surface area contributed by atoms with Crippen LogP contribution in [-0.2, 0) is 0 Å². The van der Waals surface area contributed by atoms with Crippen molar-refractivity contribution < 1.29 is 9.18 Å². The third kappa shape index (κ3) is 3.70.